The summed E-state index contributed by atoms with van der Waals surface area (Å²) in [5.74, 6) is -2.64. The molecule has 9 rings (SSSR count). The lowest BCUT2D eigenvalue weighted by molar-refractivity contribution is -0.293. The predicted molar refractivity (Wildman–Crippen MR) is 219 cm³/mol. The van der Waals surface area contributed by atoms with Crippen molar-refractivity contribution in [3.8, 4) is 0 Å². The third kappa shape index (κ3) is 7.86. The zero-order valence-corrected chi connectivity index (χ0v) is 32.1. The number of para-hydroxylation sites is 3. The van der Waals surface area contributed by atoms with Gasteiger partial charge in [-0.15, -0.1) is 0 Å². The van der Waals surface area contributed by atoms with Crippen LogP contribution in [0.5, 0.6) is 0 Å². The second-order valence-corrected chi connectivity index (χ2v) is 14.9. The minimum Gasteiger partial charge on any atom is -0.455 e. The van der Waals surface area contributed by atoms with Gasteiger partial charge in [-0.3, -0.25) is 19.2 Å². The Bertz CT molecular complexity index is 2740. The normalized spacial score (nSPS) is 19.9. The van der Waals surface area contributed by atoms with Gasteiger partial charge in [-0.2, -0.15) is 0 Å². The van der Waals surface area contributed by atoms with Crippen molar-refractivity contribution in [2.24, 2.45) is 0 Å². The summed E-state index contributed by atoms with van der Waals surface area (Å²) >= 11 is 0. The van der Waals surface area contributed by atoms with Crippen molar-refractivity contribution in [2.45, 2.75) is 69.7 Å². The SMILES string of the molecule is C[C@@H]1OC(OC(=O)CC2=CCc3ccccc32)[C@H](OC(=O)Cc2c[nH]c3ccccc23)[C@H](OC(=O)Cc2c[nH]c3ccccc23)[C@H]1OC(=O)Cc1c[nH]c2ccccc12. The second-order valence-electron chi connectivity index (χ2n) is 14.9. The van der Waals surface area contributed by atoms with E-state index in [0.29, 0.717) is 23.1 Å². The van der Waals surface area contributed by atoms with Crippen molar-refractivity contribution in [2.75, 3.05) is 0 Å². The van der Waals surface area contributed by atoms with Crippen LogP contribution in [0.4, 0.5) is 0 Å². The van der Waals surface area contributed by atoms with E-state index in [-0.39, 0.29) is 25.7 Å². The summed E-state index contributed by atoms with van der Waals surface area (Å²) < 4.78 is 30.7. The van der Waals surface area contributed by atoms with Crippen LogP contribution in [0, 0.1) is 0 Å². The summed E-state index contributed by atoms with van der Waals surface area (Å²) in [6.45, 7) is 1.63. The van der Waals surface area contributed by atoms with Crippen molar-refractivity contribution < 1.29 is 42.9 Å². The smallest absolute Gasteiger partial charge is 0.312 e. The lowest BCUT2D eigenvalue weighted by Gasteiger charge is -2.43. The van der Waals surface area contributed by atoms with Crippen molar-refractivity contribution in [3.05, 3.63) is 150 Å². The van der Waals surface area contributed by atoms with E-state index in [2.05, 4.69) is 15.0 Å². The first kappa shape index (κ1) is 37.6. The molecule has 1 saturated heterocycles. The summed E-state index contributed by atoms with van der Waals surface area (Å²) in [6, 6.07) is 30.5. The fourth-order valence-corrected chi connectivity index (χ4v) is 8.22. The summed E-state index contributed by atoms with van der Waals surface area (Å²) in [4.78, 5) is 65.0. The summed E-state index contributed by atoms with van der Waals surface area (Å²) in [7, 11) is 0. The van der Waals surface area contributed by atoms with E-state index in [9.17, 15) is 19.2 Å². The summed E-state index contributed by atoms with van der Waals surface area (Å²) in [5.41, 5.74) is 7.45. The standard InChI is InChI=1S/C47H41N3O9/c1-27-44(56-40(51)21-30-24-48-37-15-7-4-12-34(30)37)45(57-41(52)22-31-25-49-38-16-8-5-13-35(31)38)46(58-42(53)23-32-26-50-39-17-9-6-14-36(32)39)47(55-27)59-43(54)20-29-19-18-28-10-2-3-11-33(28)29/h2-17,19,24-27,44-50H,18,20-23H2,1H3/t27-,44-,45+,46+,47?/m0/s1. The fourth-order valence-electron chi connectivity index (χ4n) is 8.22. The molecule has 59 heavy (non-hydrogen) atoms. The van der Waals surface area contributed by atoms with Crippen molar-refractivity contribution in [1.29, 1.82) is 0 Å². The molecule has 1 unspecified atom stereocenters. The molecule has 0 radical (unpaired) electrons. The van der Waals surface area contributed by atoms with Crippen LogP contribution in [-0.4, -0.2) is 69.5 Å². The van der Waals surface area contributed by atoms with E-state index in [4.69, 9.17) is 23.7 Å². The molecule has 3 aromatic heterocycles. The van der Waals surface area contributed by atoms with Gasteiger partial charge in [0.05, 0.1) is 31.8 Å². The number of fused-ring (bicyclic) bond motifs is 4. The lowest BCUT2D eigenvalue weighted by Crippen LogP contribution is -2.61. The Kier molecular flexibility index (Phi) is 10.3. The molecule has 4 aromatic carbocycles. The first-order valence-electron chi connectivity index (χ1n) is 19.6. The average Bonchev–Trinajstić information content (AvgIpc) is 4.04. The van der Waals surface area contributed by atoms with Gasteiger partial charge in [-0.05, 0) is 64.9 Å². The molecular formula is C47H41N3O9. The number of aromatic amines is 3. The zero-order valence-electron chi connectivity index (χ0n) is 32.1. The first-order valence-corrected chi connectivity index (χ1v) is 19.6. The van der Waals surface area contributed by atoms with Crippen LogP contribution in [-0.2, 0) is 68.5 Å². The van der Waals surface area contributed by atoms with Crippen LogP contribution < -0.4 is 0 Å². The van der Waals surface area contributed by atoms with Gasteiger partial charge in [-0.25, -0.2) is 0 Å². The maximum atomic E-state index is 14.0. The Morgan fingerprint density at radius 1 is 0.542 bits per heavy atom. The van der Waals surface area contributed by atoms with Crippen molar-refractivity contribution >= 4 is 62.2 Å². The fraction of sp³-hybridized carbons (Fsp3) is 0.234. The number of hydrogen-bond donors (Lipinski definition) is 3. The zero-order chi connectivity index (χ0) is 40.5. The molecule has 2 aliphatic rings. The van der Waals surface area contributed by atoms with Crippen LogP contribution in [0.15, 0.2) is 122 Å². The van der Waals surface area contributed by atoms with Crippen LogP contribution in [0.1, 0.15) is 41.2 Å². The number of esters is 4. The van der Waals surface area contributed by atoms with Crippen LogP contribution in [0.3, 0.4) is 0 Å². The third-order valence-corrected chi connectivity index (χ3v) is 11.1. The molecule has 12 heteroatoms. The number of carbonyl (C=O) groups excluding carboxylic acids is 4. The largest absolute Gasteiger partial charge is 0.455 e. The highest BCUT2D eigenvalue weighted by Crippen LogP contribution is 2.34. The van der Waals surface area contributed by atoms with Crippen LogP contribution in [0.25, 0.3) is 38.3 Å². The molecule has 12 nitrogen and oxygen atoms in total. The van der Waals surface area contributed by atoms with Gasteiger partial charge < -0.3 is 38.6 Å². The molecule has 0 bridgehead atoms. The Morgan fingerprint density at radius 3 is 1.53 bits per heavy atom. The number of rotatable bonds is 12. The molecule has 7 aromatic rings. The number of H-pyrrole nitrogens is 3. The molecule has 4 heterocycles. The van der Waals surface area contributed by atoms with Gasteiger partial charge >= 0.3 is 23.9 Å². The minimum atomic E-state index is -1.52. The summed E-state index contributed by atoms with van der Waals surface area (Å²) in [5, 5.41) is 2.52. The molecule has 0 saturated carbocycles. The highest BCUT2D eigenvalue weighted by molar-refractivity contribution is 5.90. The van der Waals surface area contributed by atoms with Gasteiger partial charge in [0.25, 0.3) is 0 Å². The minimum absolute atomic E-state index is 0.0741. The monoisotopic (exact) mass is 791 g/mol. The van der Waals surface area contributed by atoms with E-state index >= 15 is 0 Å². The van der Waals surface area contributed by atoms with Gasteiger partial charge in [0.1, 0.15) is 0 Å². The molecule has 1 aliphatic heterocycles. The van der Waals surface area contributed by atoms with Crippen LogP contribution in [0.2, 0.25) is 0 Å². The maximum absolute atomic E-state index is 14.0. The van der Waals surface area contributed by atoms with Crippen molar-refractivity contribution in [1.82, 2.24) is 15.0 Å². The molecule has 0 spiro atoms. The number of carbonyl (C=O) groups is 4. The first-order chi connectivity index (χ1) is 28.8. The Balaban J connectivity index is 1.02. The number of hydrogen-bond acceptors (Lipinski definition) is 9. The van der Waals surface area contributed by atoms with E-state index in [0.717, 1.165) is 49.4 Å². The Morgan fingerprint density at radius 2 is 0.983 bits per heavy atom. The number of aromatic nitrogens is 3. The van der Waals surface area contributed by atoms with Crippen LogP contribution >= 0.6 is 0 Å². The topological polar surface area (TPSA) is 162 Å². The lowest BCUT2D eigenvalue weighted by atomic mass is 9.98. The molecule has 5 atom stereocenters. The Labute approximate surface area is 338 Å². The quantitative estimate of drug-likeness (QED) is 0.0858. The highest BCUT2D eigenvalue weighted by Gasteiger charge is 2.52. The average molecular weight is 792 g/mol. The molecule has 3 N–H and O–H groups in total. The van der Waals surface area contributed by atoms with Gasteiger partial charge in [0.15, 0.2) is 12.2 Å². The molecular weight excluding hydrogens is 751 g/mol. The second kappa shape index (κ2) is 16.1. The number of nitrogens with one attached hydrogen (secondary N) is 3. The van der Waals surface area contributed by atoms with E-state index in [1.165, 1.54) is 0 Å². The number of benzene rings is 4. The molecule has 298 valence electrons. The predicted octanol–water partition coefficient (Wildman–Crippen LogP) is 7.21. The van der Waals surface area contributed by atoms with Gasteiger partial charge in [0.2, 0.25) is 12.4 Å². The van der Waals surface area contributed by atoms with Gasteiger partial charge in [0, 0.05) is 51.3 Å². The molecule has 1 fully saturated rings. The number of allylic oxidation sites excluding steroid dienone is 1. The number of ether oxygens (including phenoxy) is 5. The maximum Gasteiger partial charge on any atom is 0.312 e. The van der Waals surface area contributed by atoms with Gasteiger partial charge in [-0.1, -0.05) is 84.9 Å². The third-order valence-electron chi connectivity index (χ3n) is 11.1. The van der Waals surface area contributed by atoms with Crippen molar-refractivity contribution in [3.63, 3.8) is 0 Å². The molecule has 0 amide bonds. The highest BCUT2D eigenvalue weighted by atomic mass is 16.7. The van der Waals surface area contributed by atoms with E-state index in [1.54, 1.807) is 25.5 Å². The molecule has 1 aliphatic carbocycles. The Hall–Kier alpha value is -6.92. The van der Waals surface area contributed by atoms with E-state index in [1.807, 2.05) is 103 Å². The summed E-state index contributed by atoms with van der Waals surface area (Å²) in [6.07, 6.45) is 0.669. The van der Waals surface area contributed by atoms with E-state index < -0.39 is 54.6 Å².